The largest absolute Gasteiger partial charge is 0.310 e. The summed E-state index contributed by atoms with van der Waals surface area (Å²) < 4.78 is 1.10. The molecule has 1 unspecified atom stereocenters. The van der Waals surface area contributed by atoms with Gasteiger partial charge in [0.2, 0.25) is 0 Å². The summed E-state index contributed by atoms with van der Waals surface area (Å²) >= 11 is 9.66. The van der Waals surface area contributed by atoms with Crippen LogP contribution in [-0.2, 0) is 0 Å². The van der Waals surface area contributed by atoms with Gasteiger partial charge in [-0.05, 0) is 49.9 Å². The van der Waals surface area contributed by atoms with Crippen LogP contribution in [0.1, 0.15) is 57.1 Å². The molecule has 0 saturated heterocycles. The lowest BCUT2D eigenvalue weighted by Gasteiger charge is -2.20. The first kappa shape index (κ1) is 17.7. The molecule has 0 fully saturated rings. The molecule has 112 valence electrons. The monoisotopic (exact) mass is 357 g/mol. The topological polar surface area (TPSA) is 12.0 Å². The van der Waals surface area contributed by atoms with Crippen LogP contribution in [-0.4, -0.2) is 6.54 Å². The van der Waals surface area contributed by atoms with Crippen molar-refractivity contribution in [2.45, 2.75) is 51.5 Å². The molecule has 0 amide bonds. The van der Waals surface area contributed by atoms with E-state index in [1.807, 2.05) is 18.2 Å². The molecule has 0 spiro atoms. The fraction of sp³-hybridized carbons (Fsp3) is 0.529. The van der Waals surface area contributed by atoms with Gasteiger partial charge in [0.25, 0.3) is 0 Å². The van der Waals surface area contributed by atoms with Gasteiger partial charge in [-0.15, -0.1) is 6.58 Å². The number of rotatable bonds is 10. The van der Waals surface area contributed by atoms with Gasteiger partial charge >= 0.3 is 0 Å². The van der Waals surface area contributed by atoms with E-state index < -0.39 is 0 Å². The maximum Gasteiger partial charge on any atom is 0.0417 e. The van der Waals surface area contributed by atoms with Gasteiger partial charge in [-0.25, -0.2) is 0 Å². The van der Waals surface area contributed by atoms with Crippen molar-refractivity contribution >= 4 is 27.5 Å². The Kier molecular flexibility index (Phi) is 9.24. The van der Waals surface area contributed by atoms with Gasteiger partial charge < -0.3 is 5.32 Å². The molecule has 0 aliphatic rings. The van der Waals surface area contributed by atoms with Gasteiger partial charge in [-0.1, -0.05) is 59.4 Å². The van der Waals surface area contributed by atoms with Crippen molar-refractivity contribution in [1.29, 1.82) is 0 Å². The smallest absolute Gasteiger partial charge is 0.0417 e. The van der Waals surface area contributed by atoms with Gasteiger partial charge in [0.15, 0.2) is 0 Å². The number of unbranched alkanes of at least 4 members (excludes halogenated alkanes) is 3. The normalized spacial score (nSPS) is 12.3. The van der Waals surface area contributed by atoms with Gasteiger partial charge in [-0.3, -0.25) is 0 Å². The quantitative estimate of drug-likeness (QED) is 0.383. The van der Waals surface area contributed by atoms with E-state index >= 15 is 0 Å². The average molecular weight is 359 g/mol. The number of nitrogens with one attached hydrogen (secondary N) is 1. The summed E-state index contributed by atoms with van der Waals surface area (Å²) in [6, 6.07) is 6.49. The molecule has 0 heterocycles. The maximum absolute atomic E-state index is 6.03. The first-order valence-corrected chi connectivity index (χ1v) is 8.65. The zero-order valence-electron chi connectivity index (χ0n) is 12.3. The average Bonchev–Trinajstić information content (AvgIpc) is 2.43. The third kappa shape index (κ3) is 6.43. The predicted molar refractivity (Wildman–Crippen MR) is 93.5 cm³/mol. The molecule has 1 rings (SSSR count). The Hall–Kier alpha value is -0.310. The summed E-state index contributed by atoms with van der Waals surface area (Å²) in [4.78, 5) is 0. The van der Waals surface area contributed by atoms with Crippen LogP contribution in [0, 0.1) is 0 Å². The van der Waals surface area contributed by atoms with E-state index in [9.17, 15) is 0 Å². The van der Waals surface area contributed by atoms with Crippen molar-refractivity contribution in [2.24, 2.45) is 0 Å². The minimum absolute atomic E-state index is 0.408. The minimum atomic E-state index is 0.408. The van der Waals surface area contributed by atoms with E-state index in [0.29, 0.717) is 6.04 Å². The van der Waals surface area contributed by atoms with Crippen molar-refractivity contribution in [3.05, 3.63) is 45.9 Å². The SMILES string of the molecule is C=CCCCCCC(NCCC)c1ccc(Cl)cc1Br. The van der Waals surface area contributed by atoms with Crippen LogP contribution in [0.25, 0.3) is 0 Å². The van der Waals surface area contributed by atoms with Gasteiger partial charge in [0, 0.05) is 15.5 Å². The van der Waals surface area contributed by atoms with Crippen LogP contribution in [0.15, 0.2) is 35.3 Å². The number of hydrogen-bond acceptors (Lipinski definition) is 1. The molecule has 20 heavy (non-hydrogen) atoms. The van der Waals surface area contributed by atoms with E-state index in [-0.39, 0.29) is 0 Å². The summed E-state index contributed by atoms with van der Waals surface area (Å²) in [6.07, 6.45) is 9.19. The summed E-state index contributed by atoms with van der Waals surface area (Å²) in [5.74, 6) is 0. The van der Waals surface area contributed by atoms with E-state index in [0.717, 1.165) is 35.3 Å². The summed E-state index contributed by atoms with van der Waals surface area (Å²) in [6.45, 7) is 7.02. The van der Waals surface area contributed by atoms with Gasteiger partial charge in [0.05, 0.1) is 0 Å². The van der Waals surface area contributed by atoms with Crippen LogP contribution in [0.3, 0.4) is 0 Å². The standard InChI is InChI=1S/C17H25BrClN/c1-3-5-6-7-8-9-17(20-12-4-2)15-11-10-14(19)13-16(15)18/h3,10-11,13,17,20H,1,4-9,12H2,2H3. The second-order valence-corrected chi connectivity index (χ2v) is 6.39. The zero-order chi connectivity index (χ0) is 14.8. The Morgan fingerprint density at radius 3 is 2.80 bits per heavy atom. The zero-order valence-corrected chi connectivity index (χ0v) is 14.6. The predicted octanol–water partition coefficient (Wildman–Crippen LogP) is 6.28. The van der Waals surface area contributed by atoms with Crippen molar-refractivity contribution in [3.8, 4) is 0 Å². The number of halogens is 2. The molecule has 0 radical (unpaired) electrons. The van der Waals surface area contributed by atoms with Crippen LogP contribution in [0.5, 0.6) is 0 Å². The molecule has 0 saturated carbocycles. The lowest BCUT2D eigenvalue weighted by atomic mass is 9.99. The summed E-state index contributed by atoms with van der Waals surface area (Å²) in [5.41, 5.74) is 1.31. The van der Waals surface area contributed by atoms with Crippen LogP contribution in [0.4, 0.5) is 0 Å². The van der Waals surface area contributed by atoms with Crippen molar-refractivity contribution < 1.29 is 0 Å². The molecule has 1 N–H and O–H groups in total. The van der Waals surface area contributed by atoms with E-state index in [2.05, 4.69) is 40.8 Å². The molecule has 1 aromatic rings. The third-order valence-corrected chi connectivity index (χ3v) is 4.30. The lowest BCUT2D eigenvalue weighted by molar-refractivity contribution is 0.471. The minimum Gasteiger partial charge on any atom is -0.310 e. The maximum atomic E-state index is 6.03. The van der Waals surface area contributed by atoms with Gasteiger partial charge in [-0.2, -0.15) is 0 Å². The molecule has 3 heteroatoms. The Morgan fingerprint density at radius 2 is 2.15 bits per heavy atom. The van der Waals surface area contributed by atoms with Crippen molar-refractivity contribution in [3.63, 3.8) is 0 Å². The molecule has 1 aromatic carbocycles. The number of hydrogen-bond donors (Lipinski definition) is 1. The molecule has 0 aromatic heterocycles. The highest BCUT2D eigenvalue weighted by atomic mass is 79.9. The molecule has 0 aliphatic heterocycles. The fourth-order valence-corrected chi connectivity index (χ4v) is 3.24. The Morgan fingerprint density at radius 1 is 1.35 bits per heavy atom. The molecule has 1 atom stereocenters. The fourth-order valence-electron chi connectivity index (χ4n) is 2.28. The van der Waals surface area contributed by atoms with E-state index in [1.165, 1.54) is 24.8 Å². The second kappa shape index (κ2) is 10.4. The number of benzene rings is 1. The molecule has 0 bridgehead atoms. The molecular weight excluding hydrogens is 334 g/mol. The van der Waals surface area contributed by atoms with E-state index in [4.69, 9.17) is 11.6 Å². The van der Waals surface area contributed by atoms with Crippen molar-refractivity contribution in [2.75, 3.05) is 6.54 Å². The summed E-state index contributed by atoms with van der Waals surface area (Å²) in [7, 11) is 0. The van der Waals surface area contributed by atoms with E-state index in [1.54, 1.807) is 0 Å². The Balaban J connectivity index is 2.60. The highest BCUT2D eigenvalue weighted by Crippen LogP contribution is 2.29. The number of allylic oxidation sites excluding steroid dienone is 1. The Labute approximate surface area is 136 Å². The highest BCUT2D eigenvalue weighted by Gasteiger charge is 2.13. The lowest BCUT2D eigenvalue weighted by Crippen LogP contribution is -2.22. The van der Waals surface area contributed by atoms with Crippen molar-refractivity contribution in [1.82, 2.24) is 5.32 Å². The molecular formula is C17H25BrClN. The highest BCUT2D eigenvalue weighted by molar-refractivity contribution is 9.10. The first-order valence-electron chi connectivity index (χ1n) is 7.48. The third-order valence-electron chi connectivity index (χ3n) is 3.38. The molecule has 1 nitrogen and oxygen atoms in total. The van der Waals surface area contributed by atoms with Crippen LogP contribution < -0.4 is 5.32 Å². The first-order chi connectivity index (χ1) is 9.69. The second-order valence-electron chi connectivity index (χ2n) is 5.10. The van der Waals surface area contributed by atoms with Crippen LogP contribution >= 0.6 is 27.5 Å². The van der Waals surface area contributed by atoms with Gasteiger partial charge in [0.1, 0.15) is 0 Å². The van der Waals surface area contributed by atoms with Crippen LogP contribution in [0.2, 0.25) is 5.02 Å². The Bertz CT molecular complexity index is 406. The molecule has 0 aliphatic carbocycles. The summed E-state index contributed by atoms with van der Waals surface area (Å²) in [5, 5.41) is 4.42.